The van der Waals surface area contributed by atoms with Gasteiger partial charge in [-0.05, 0) is 38.7 Å². The fraction of sp³-hybridized carbons (Fsp3) is 0.500. The summed E-state index contributed by atoms with van der Waals surface area (Å²) in [5.74, 6) is 0.872. The number of rotatable bonds is 5. The normalized spacial score (nSPS) is 12.9. The highest BCUT2D eigenvalue weighted by atomic mass is 16.5. The van der Waals surface area contributed by atoms with E-state index in [0.29, 0.717) is 6.61 Å². The first-order valence-electron chi connectivity index (χ1n) is 5.19. The van der Waals surface area contributed by atoms with Crippen LogP contribution < -0.4 is 4.74 Å². The van der Waals surface area contributed by atoms with Gasteiger partial charge in [-0.2, -0.15) is 0 Å². The second-order valence-electron chi connectivity index (χ2n) is 3.66. The average molecular weight is 209 g/mol. The van der Waals surface area contributed by atoms with Crippen LogP contribution >= 0.6 is 0 Å². The molecule has 0 aromatic heterocycles. The molecule has 1 atom stereocenters. The Morgan fingerprint density at radius 3 is 2.27 bits per heavy atom. The van der Waals surface area contributed by atoms with Crippen LogP contribution in [0.15, 0.2) is 24.3 Å². The molecule has 1 rings (SSSR count). The molecule has 0 bridgehead atoms. The van der Waals surface area contributed by atoms with E-state index >= 15 is 0 Å². The summed E-state index contributed by atoms with van der Waals surface area (Å²) in [6.07, 6.45) is 0. The van der Waals surface area contributed by atoms with E-state index < -0.39 is 0 Å². The number of nitrogens with zero attached hydrogens (tertiary/aromatic N) is 1. The summed E-state index contributed by atoms with van der Waals surface area (Å²) in [7, 11) is 3.91. The lowest BCUT2D eigenvalue weighted by molar-refractivity contribution is 0.170. The molecule has 0 radical (unpaired) electrons. The van der Waals surface area contributed by atoms with Crippen LogP contribution in [0.4, 0.5) is 0 Å². The molecule has 0 saturated carbocycles. The SMILES string of the molecule is CCOc1ccc(C(CO)N(C)C)cc1. The number of aliphatic hydroxyl groups excluding tert-OH is 1. The van der Waals surface area contributed by atoms with E-state index in [9.17, 15) is 5.11 Å². The number of benzene rings is 1. The van der Waals surface area contributed by atoms with Gasteiger partial charge in [0.15, 0.2) is 0 Å². The van der Waals surface area contributed by atoms with Crippen LogP contribution in [0.2, 0.25) is 0 Å². The summed E-state index contributed by atoms with van der Waals surface area (Å²) < 4.78 is 5.36. The number of aliphatic hydroxyl groups is 1. The maximum absolute atomic E-state index is 9.25. The molecule has 0 saturated heterocycles. The van der Waals surface area contributed by atoms with Gasteiger partial charge in [0, 0.05) is 0 Å². The van der Waals surface area contributed by atoms with Crippen LogP contribution in [0.1, 0.15) is 18.5 Å². The predicted octanol–water partition coefficient (Wildman–Crippen LogP) is 1.68. The van der Waals surface area contributed by atoms with Crippen molar-refractivity contribution in [2.24, 2.45) is 0 Å². The molecule has 3 nitrogen and oxygen atoms in total. The lowest BCUT2D eigenvalue weighted by Gasteiger charge is -2.22. The van der Waals surface area contributed by atoms with Gasteiger partial charge in [-0.3, -0.25) is 0 Å². The summed E-state index contributed by atoms with van der Waals surface area (Å²) in [5.41, 5.74) is 1.10. The van der Waals surface area contributed by atoms with Crippen molar-refractivity contribution >= 4 is 0 Å². The van der Waals surface area contributed by atoms with E-state index in [1.165, 1.54) is 0 Å². The van der Waals surface area contributed by atoms with Crippen LogP contribution in [0, 0.1) is 0 Å². The number of likely N-dealkylation sites (N-methyl/N-ethyl adjacent to an activating group) is 1. The van der Waals surface area contributed by atoms with Crippen molar-refractivity contribution in [3.63, 3.8) is 0 Å². The molecule has 0 aliphatic rings. The Morgan fingerprint density at radius 2 is 1.87 bits per heavy atom. The zero-order valence-electron chi connectivity index (χ0n) is 9.60. The maximum atomic E-state index is 9.25. The maximum Gasteiger partial charge on any atom is 0.119 e. The van der Waals surface area contributed by atoms with Crippen LogP contribution in [0.25, 0.3) is 0 Å². The predicted molar refractivity (Wildman–Crippen MR) is 61.1 cm³/mol. The van der Waals surface area contributed by atoms with E-state index in [2.05, 4.69) is 0 Å². The van der Waals surface area contributed by atoms with E-state index in [-0.39, 0.29) is 12.6 Å². The Morgan fingerprint density at radius 1 is 1.27 bits per heavy atom. The van der Waals surface area contributed by atoms with Crippen LogP contribution in [0.5, 0.6) is 5.75 Å². The highest BCUT2D eigenvalue weighted by Gasteiger charge is 2.12. The Kier molecular flexibility index (Phi) is 4.59. The van der Waals surface area contributed by atoms with Crippen molar-refractivity contribution in [1.29, 1.82) is 0 Å². The van der Waals surface area contributed by atoms with Gasteiger partial charge in [0.25, 0.3) is 0 Å². The molecule has 1 aromatic carbocycles. The van der Waals surface area contributed by atoms with Crippen LogP contribution in [0.3, 0.4) is 0 Å². The Hall–Kier alpha value is -1.06. The fourth-order valence-electron chi connectivity index (χ4n) is 1.52. The van der Waals surface area contributed by atoms with Crippen LogP contribution in [-0.2, 0) is 0 Å². The van der Waals surface area contributed by atoms with Gasteiger partial charge in [-0.15, -0.1) is 0 Å². The zero-order valence-corrected chi connectivity index (χ0v) is 9.60. The molecule has 1 N–H and O–H groups in total. The third kappa shape index (κ3) is 3.22. The summed E-state index contributed by atoms with van der Waals surface area (Å²) >= 11 is 0. The van der Waals surface area contributed by atoms with Gasteiger partial charge >= 0.3 is 0 Å². The largest absolute Gasteiger partial charge is 0.494 e. The van der Waals surface area contributed by atoms with Crippen LogP contribution in [-0.4, -0.2) is 37.3 Å². The molecule has 0 amide bonds. The third-order valence-electron chi connectivity index (χ3n) is 2.37. The first-order valence-corrected chi connectivity index (χ1v) is 5.19. The topological polar surface area (TPSA) is 32.7 Å². The van der Waals surface area contributed by atoms with Crippen molar-refractivity contribution in [3.8, 4) is 5.75 Å². The van der Waals surface area contributed by atoms with E-state index in [1.807, 2.05) is 50.2 Å². The highest BCUT2D eigenvalue weighted by Crippen LogP contribution is 2.20. The monoisotopic (exact) mass is 209 g/mol. The minimum atomic E-state index is 0.0562. The molecule has 0 fully saturated rings. The summed E-state index contributed by atoms with van der Waals surface area (Å²) in [5, 5.41) is 9.25. The molecule has 0 aliphatic carbocycles. The van der Waals surface area contributed by atoms with Gasteiger partial charge in [0.05, 0.1) is 19.3 Å². The zero-order chi connectivity index (χ0) is 11.3. The molecule has 84 valence electrons. The van der Waals surface area contributed by atoms with Crippen molar-refractivity contribution in [1.82, 2.24) is 4.90 Å². The van der Waals surface area contributed by atoms with Crippen molar-refractivity contribution < 1.29 is 9.84 Å². The average Bonchev–Trinajstić information content (AvgIpc) is 2.21. The fourth-order valence-corrected chi connectivity index (χ4v) is 1.52. The van der Waals surface area contributed by atoms with Gasteiger partial charge in [0.1, 0.15) is 5.75 Å². The quantitative estimate of drug-likeness (QED) is 0.801. The van der Waals surface area contributed by atoms with Crippen molar-refractivity contribution in [3.05, 3.63) is 29.8 Å². The number of ether oxygens (including phenoxy) is 1. The van der Waals surface area contributed by atoms with E-state index in [0.717, 1.165) is 11.3 Å². The van der Waals surface area contributed by atoms with E-state index in [4.69, 9.17) is 4.74 Å². The second kappa shape index (κ2) is 5.73. The standard InChI is InChI=1S/C12H19NO2/c1-4-15-11-7-5-10(6-8-11)12(9-14)13(2)3/h5-8,12,14H,4,9H2,1-3H3. The molecule has 0 heterocycles. The summed E-state index contributed by atoms with van der Waals surface area (Å²) in [4.78, 5) is 2.00. The molecule has 3 heteroatoms. The molecule has 1 unspecified atom stereocenters. The molecule has 0 spiro atoms. The van der Waals surface area contributed by atoms with Gasteiger partial charge in [0.2, 0.25) is 0 Å². The molecular formula is C12H19NO2. The summed E-state index contributed by atoms with van der Waals surface area (Å²) in [6.45, 7) is 2.77. The van der Waals surface area contributed by atoms with Gasteiger partial charge in [-0.1, -0.05) is 12.1 Å². The molecule has 1 aromatic rings. The third-order valence-corrected chi connectivity index (χ3v) is 2.37. The lowest BCUT2D eigenvalue weighted by atomic mass is 10.1. The Balaban J connectivity index is 2.77. The van der Waals surface area contributed by atoms with Gasteiger partial charge in [-0.25, -0.2) is 0 Å². The number of hydrogen-bond acceptors (Lipinski definition) is 3. The minimum Gasteiger partial charge on any atom is -0.494 e. The molecule has 0 aliphatic heterocycles. The second-order valence-corrected chi connectivity index (χ2v) is 3.66. The Labute approximate surface area is 91.3 Å². The van der Waals surface area contributed by atoms with Gasteiger partial charge < -0.3 is 14.7 Å². The molecular weight excluding hydrogens is 190 g/mol. The number of hydrogen-bond donors (Lipinski definition) is 1. The lowest BCUT2D eigenvalue weighted by Crippen LogP contribution is -2.22. The first-order chi connectivity index (χ1) is 7.19. The molecule has 15 heavy (non-hydrogen) atoms. The van der Waals surface area contributed by atoms with E-state index in [1.54, 1.807) is 0 Å². The smallest absolute Gasteiger partial charge is 0.119 e. The van der Waals surface area contributed by atoms with Crippen molar-refractivity contribution in [2.75, 3.05) is 27.3 Å². The minimum absolute atomic E-state index is 0.0562. The highest BCUT2D eigenvalue weighted by molar-refractivity contribution is 5.29. The summed E-state index contributed by atoms with van der Waals surface area (Å²) in [6, 6.07) is 7.91. The first kappa shape index (κ1) is 12.0. The van der Waals surface area contributed by atoms with Crippen molar-refractivity contribution in [2.45, 2.75) is 13.0 Å². The Bertz CT molecular complexity index is 282.